The van der Waals surface area contributed by atoms with Crippen LogP contribution in [0.25, 0.3) is 0 Å². The first kappa shape index (κ1) is 13.6. The van der Waals surface area contributed by atoms with Gasteiger partial charge in [-0.2, -0.15) is 5.10 Å². The van der Waals surface area contributed by atoms with E-state index in [9.17, 15) is 9.59 Å². The molecule has 0 spiro atoms. The van der Waals surface area contributed by atoms with Gasteiger partial charge < -0.3 is 10.0 Å². The van der Waals surface area contributed by atoms with Gasteiger partial charge in [0.05, 0.1) is 5.69 Å². The maximum atomic E-state index is 12.5. The summed E-state index contributed by atoms with van der Waals surface area (Å²) in [6.07, 6.45) is 2.54. The lowest BCUT2D eigenvalue weighted by molar-refractivity contribution is -0.137. The Kier molecular flexibility index (Phi) is 3.87. The van der Waals surface area contributed by atoms with Crippen LogP contribution in [-0.2, 0) is 17.8 Å². The van der Waals surface area contributed by atoms with Crippen molar-refractivity contribution in [3.63, 3.8) is 0 Å². The molecule has 0 aromatic carbocycles. The predicted molar refractivity (Wildman–Crippen MR) is 69.0 cm³/mol. The molecule has 1 aromatic heterocycles. The highest BCUT2D eigenvalue weighted by Gasteiger charge is 2.35. The minimum atomic E-state index is -0.974. The number of carbonyl (C=O) groups excluding carboxylic acids is 1. The van der Waals surface area contributed by atoms with E-state index in [0.717, 1.165) is 25.0 Å². The average Bonchev–Trinajstić information content (AvgIpc) is 3.13. The molecule has 2 rings (SSSR count). The van der Waals surface area contributed by atoms with Crippen molar-refractivity contribution in [2.45, 2.75) is 45.7 Å². The number of rotatable bonds is 6. The first-order valence-corrected chi connectivity index (χ1v) is 6.66. The molecule has 0 saturated heterocycles. The number of carbonyl (C=O) groups is 2. The van der Waals surface area contributed by atoms with Gasteiger partial charge in [0.1, 0.15) is 12.2 Å². The molecule has 19 heavy (non-hydrogen) atoms. The smallest absolute Gasteiger partial charge is 0.323 e. The van der Waals surface area contributed by atoms with Crippen LogP contribution < -0.4 is 0 Å². The summed E-state index contributed by atoms with van der Waals surface area (Å²) < 4.78 is 1.65. The van der Waals surface area contributed by atoms with Gasteiger partial charge in [-0.3, -0.25) is 14.3 Å². The van der Waals surface area contributed by atoms with Crippen molar-refractivity contribution in [2.24, 2.45) is 0 Å². The standard InChI is InChI=1S/C13H19N3O3/c1-3-9-7-11(16(4-2)14-9)13(19)15(8-12(17)18)10-5-6-10/h7,10H,3-6,8H2,1-2H3,(H,17,18). The molecule has 0 atom stereocenters. The van der Waals surface area contributed by atoms with Crippen molar-refractivity contribution in [2.75, 3.05) is 6.54 Å². The zero-order valence-corrected chi connectivity index (χ0v) is 11.3. The lowest BCUT2D eigenvalue weighted by atomic mass is 10.2. The van der Waals surface area contributed by atoms with Crippen LogP contribution in [0.5, 0.6) is 0 Å². The number of carboxylic acid groups (broad SMARTS) is 1. The molecule has 1 N–H and O–H groups in total. The molecule has 6 heteroatoms. The Bertz CT molecular complexity index is 491. The van der Waals surface area contributed by atoms with Gasteiger partial charge in [0.15, 0.2) is 0 Å². The molecule has 0 unspecified atom stereocenters. The molecule has 1 saturated carbocycles. The first-order valence-electron chi connectivity index (χ1n) is 6.66. The fourth-order valence-electron chi connectivity index (χ4n) is 2.10. The van der Waals surface area contributed by atoms with Crippen LogP contribution in [0.1, 0.15) is 42.9 Å². The van der Waals surface area contributed by atoms with Gasteiger partial charge in [-0.1, -0.05) is 6.92 Å². The fraction of sp³-hybridized carbons (Fsp3) is 0.615. The molecule has 0 bridgehead atoms. The van der Waals surface area contributed by atoms with Crippen molar-refractivity contribution in [3.05, 3.63) is 17.5 Å². The molecule has 1 aliphatic carbocycles. The van der Waals surface area contributed by atoms with Gasteiger partial charge in [-0.15, -0.1) is 0 Å². The summed E-state index contributed by atoms with van der Waals surface area (Å²) in [6.45, 7) is 4.26. The third kappa shape index (κ3) is 2.94. The van der Waals surface area contributed by atoms with E-state index in [4.69, 9.17) is 5.11 Å². The van der Waals surface area contributed by atoms with E-state index in [2.05, 4.69) is 5.10 Å². The molecule has 1 fully saturated rings. The predicted octanol–water partition coefficient (Wildman–Crippen LogP) is 1.15. The Hall–Kier alpha value is -1.85. The van der Waals surface area contributed by atoms with Crippen LogP contribution in [-0.4, -0.2) is 44.3 Å². The number of aromatic nitrogens is 2. The van der Waals surface area contributed by atoms with E-state index in [0.29, 0.717) is 12.2 Å². The van der Waals surface area contributed by atoms with Gasteiger partial charge in [0.25, 0.3) is 5.91 Å². The lowest BCUT2D eigenvalue weighted by Gasteiger charge is -2.20. The topological polar surface area (TPSA) is 75.4 Å². The quantitative estimate of drug-likeness (QED) is 0.837. The van der Waals surface area contributed by atoms with E-state index in [1.54, 1.807) is 10.7 Å². The largest absolute Gasteiger partial charge is 0.480 e. The molecule has 104 valence electrons. The van der Waals surface area contributed by atoms with Crippen LogP contribution >= 0.6 is 0 Å². The van der Waals surface area contributed by atoms with Gasteiger partial charge in [0, 0.05) is 12.6 Å². The SMILES string of the molecule is CCc1cc(C(=O)N(CC(=O)O)C2CC2)n(CC)n1. The Morgan fingerprint density at radius 1 is 1.47 bits per heavy atom. The van der Waals surface area contributed by atoms with Gasteiger partial charge in [-0.05, 0) is 32.3 Å². The second kappa shape index (κ2) is 5.42. The molecule has 1 aliphatic rings. The molecular formula is C13H19N3O3. The third-order valence-corrected chi connectivity index (χ3v) is 3.27. The normalized spacial score (nSPS) is 14.4. The van der Waals surface area contributed by atoms with E-state index in [1.165, 1.54) is 4.90 Å². The van der Waals surface area contributed by atoms with E-state index in [1.807, 2.05) is 13.8 Å². The number of amides is 1. The number of hydrogen-bond acceptors (Lipinski definition) is 3. The van der Waals surface area contributed by atoms with Gasteiger partial charge >= 0.3 is 5.97 Å². The summed E-state index contributed by atoms with van der Waals surface area (Å²) in [5, 5.41) is 13.2. The summed E-state index contributed by atoms with van der Waals surface area (Å²) in [4.78, 5) is 24.8. The average molecular weight is 265 g/mol. The highest BCUT2D eigenvalue weighted by Crippen LogP contribution is 2.28. The summed E-state index contributed by atoms with van der Waals surface area (Å²) in [5.41, 5.74) is 1.35. The van der Waals surface area contributed by atoms with Crippen molar-refractivity contribution in [1.82, 2.24) is 14.7 Å². The first-order chi connectivity index (χ1) is 9.06. The van der Waals surface area contributed by atoms with E-state index in [-0.39, 0.29) is 18.5 Å². The fourth-order valence-corrected chi connectivity index (χ4v) is 2.10. The molecular weight excluding hydrogens is 246 g/mol. The van der Waals surface area contributed by atoms with Crippen LogP contribution in [0.4, 0.5) is 0 Å². The Morgan fingerprint density at radius 3 is 2.63 bits per heavy atom. The third-order valence-electron chi connectivity index (χ3n) is 3.27. The molecule has 1 aromatic rings. The zero-order chi connectivity index (χ0) is 14.0. The number of nitrogens with zero attached hydrogens (tertiary/aromatic N) is 3. The van der Waals surface area contributed by atoms with Crippen molar-refractivity contribution in [1.29, 1.82) is 0 Å². The van der Waals surface area contributed by atoms with Crippen LogP contribution in [0, 0.1) is 0 Å². The summed E-state index contributed by atoms with van der Waals surface area (Å²) in [7, 11) is 0. The molecule has 1 amide bonds. The van der Waals surface area contributed by atoms with Crippen LogP contribution in [0.15, 0.2) is 6.07 Å². The number of hydrogen-bond donors (Lipinski definition) is 1. The van der Waals surface area contributed by atoms with Gasteiger partial charge in [0.2, 0.25) is 0 Å². The Balaban J connectivity index is 2.25. The highest BCUT2D eigenvalue weighted by atomic mass is 16.4. The second-order valence-electron chi connectivity index (χ2n) is 4.75. The summed E-state index contributed by atoms with van der Waals surface area (Å²) in [5.74, 6) is -1.20. The number of aryl methyl sites for hydroxylation is 2. The van der Waals surface area contributed by atoms with Crippen molar-refractivity contribution >= 4 is 11.9 Å². The van der Waals surface area contributed by atoms with Crippen molar-refractivity contribution < 1.29 is 14.7 Å². The summed E-state index contributed by atoms with van der Waals surface area (Å²) >= 11 is 0. The van der Waals surface area contributed by atoms with Crippen molar-refractivity contribution in [3.8, 4) is 0 Å². The minimum Gasteiger partial charge on any atom is -0.480 e. The number of aliphatic carboxylic acids is 1. The highest BCUT2D eigenvalue weighted by molar-refractivity contribution is 5.95. The maximum absolute atomic E-state index is 12.5. The second-order valence-corrected chi connectivity index (χ2v) is 4.75. The molecule has 0 aliphatic heterocycles. The molecule has 1 heterocycles. The minimum absolute atomic E-state index is 0.0777. The van der Waals surface area contributed by atoms with Gasteiger partial charge in [-0.25, -0.2) is 0 Å². The van der Waals surface area contributed by atoms with E-state index >= 15 is 0 Å². The monoisotopic (exact) mass is 265 g/mol. The maximum Gasteiger partial charge on any atom is 0.323 e. The van der Waals surface area contributed by atoms with E-state index < -0.39 is 5.97 Å². The molecule has 0 radical (unpaired) electrons. The lowest BCUT2D eigenvalue weighted by Crippen LogP contribution is -2.38. The Morgan fingerprint density at radius 2 is 2.16 bits per heavy atom. The summed E-state index contributed by atoms with van der Waals surface area (Å²) in [6, 6.07) is 1.84. The zero-order valence-electron chi connectivity index (χ0n) is 11.3. The Labute approximate surface area is 112 Å². The van der Waals surface area contributed by atoms with Crippen LogP contribution in [0.3, 0.4) is 0 Å². The van der Waals surface area contributed by atoms with Crippen LogP contribution in [0.2, 0.25) is 0 Å². The molecule has 6 nitrogen and oxygen atoms in total. The number of carboxylic acids is 1.